The molecule has 25 heavy (non-hydrogen) atoms. The summed E-state index contributed by atoms with van der Waals surface area (Å²) >= 11 is 0. The molecule has 1 aromatic carbocycles. The van der Waals surface area contributed by atoms with Gasteiger partial charge >= 0.3 is 10.1 Å². The van der Waals surface area contributed by atoms with Crippen LogP contribution in [0, 0.1) is 6.92 Å². The van der Waals surface area contributed by atoms with Crippen molar-refractivity contribution in [2.75, 3.05) is 5.75 Å². The zero-order valence-electron chi connectivity index (χ0n) is 15.0. The fourth-order valence-electron chi connectivity index (χ4n) is 2.52. The monoisotopic (exact) mass is 363 g/mol. The highest BCUT2D eigenvalue weighted by molar-refractivity contribution is 7.86. The number of benzene rings is 1. The molecule has 0 amide bonds. The first kappa shape index (κ1) is 19.2. The molecule has 1 heterocycles. The lowest BCUT2D eigenvalue weighted by molar-refractivity contribution is 0.271. The normalized spacial score (nSPS) is 11.5. The molecule has 5 nitrogen and oxygen atoms in total. The Morgan fingerprint density at radius 1 is 1.04 bits per heavy atom. The Labute approximate surface area is 149 Å². The lowest BCUT2D eigenvalue weighted by atomic mass is 10.1. The highest BCUT2D eigenvalue weighted by atomic mass is 32.2. The van der Waals surface area contributed by atoms with Gasteiger partial charge in [-0.25, -0.2) is 0 Å². The number of pyridine rings is 1. The quantitative estimate of drug-likeness (QED) is 0.721. The number of hydrogen-bond acceptors (Lipinski definition) is 4. The summed E-state index contributed by atoms with van der Waals surface area (Å²) < 4.78 is 30.4. The number of rotatable bonds is 8. The molecule has 2 rings (SSSR count). The molecule has 0 saturated carbocycles. The minimum Gasteiger partial charge on any atom is -0.284 e. The first-order chi connectivity index (χ1) is 11.9. The molecule has 0 atom stereocenters. The Bertz CT molecular complexity index is 867. The lowest BCUT2D eigenvalue weighted by Gasteiger charge is -2.15. The van der Waals surface area contributed by atoms with E-state index in [0.717, 1.165) is 40.7 Å². The minimum absolute atomic E-state index is 0.111. The molecule has 0 radical (unpaired) electrons. The predicted octanol–water partition coefficient (Wildman–Crippen LogP) is 3.33. The van der Waals surface area contributed by atoms with Crippen LogP contribution in [-0.4, -0.2) is 18.9 Å². The Balaban J connectivity index is 2.54. The molecule has 0 fully saturated rings. The topological polar surface area (TPSA) is 65.4 Å². The summed E-state index contributed by atoms with van der Waals surface area (Å²) in [5, 5.41) is 0. The summed E-state index contributed by atoms with van der Waals surface area (Å²) in [6.45, 7) is 5.90. The van der Waals surface area contributed by atoms with Gasteiger partial charge in [0.15, 0.2) is 0 Å². The van der Waals surface area contributed by atoms with Gasteiger partial charge in [0.25, 0.3) is 5.56 Å². The summed E-state index contributed by atoms with van der Waals surface area (Å²) in [6, 6.07) is 10.8. The average molecular weight is 363 g/mol. The highest BCUT2D eigenvalue weighted by Gasteiger charge is 2.17. The lowest BCUT2D eigenvalue weighted by Crippen LogP contribution is -2.33. The molecule has 0 unspecified atom stereocenters. The van der Waals surface area contributed by atoms with Gasteiger partial charge in [0, 0.05) is 11.6 Å². The van der Waals surface area contributed by atoms with Gasteiger partial charge in [0.05, 0.1) is 11.4 Å². The van der Waals surface area contributed by atoms with Crippen LogP contribution in [0.25, 0.3) is 11.3 Å². The van der Waals surface area contributed by atoms with Crippen molar-refractivity contribution < 1.29 is 12.7 Å². The molecule has 0 spiro atoms. The average Bonchev–Trinajstić information content (AvgIpc) is 2.56. The van der Waals surface area contributed by atoms with Crippen molar-refractivity contribution in [3.05, 3.63) is 57.9 Å². The predicted molar refractivity (Wildman–Crippen MR) is 100 cm³/mol. The van der Waals surface area contributed by atoms with Gasteiger partial charge in [0.2, 0.25) is 0 Å². The maximum atomic E-state index is 12.5. The van der Waals surface area contributed by atoms with Gasteiger partial charge in [-0.2, -0.15) is 8.42 Å². The first-order valence-electron chi connectivity index (χ1n) is 8.62. The zero-order valence-corrected chi connectivity index (χ0v) is 15.8. The van der Waals surface area contributed by atoms with Crippen molar-refractivity contribution in [3.63, 3.8) is 0 Å². The maximum Gasteiger partial charge on any atom is 0.327 e. The number of unbranched alkanes of at least 4 members (excludes halogenated alkanes) is 1. The molecule has 0 saturated heterocycles. The van der Waals surface area contributed by atoms with Crippen molar-refractivity contribution >= 4 is 10.1 Å². The van der Waals surface area contributed by atoms with Gasteiger partial charge in [-0.05, 0) is 31.4 Å². The van der Waals surface area contributed by atoms with Crippen LogP contribution in [0.5, 0.6) is 0 Å². The number of aryl methyl sites for hydroxylation is 2. The molecule has 2 aromatic rings. The summed E-state index contributed by atoms with van der Waals surface area (Å²) in [7, 11) is -3.82. The van der Waals surface area contributed by atoms with Crippen LogP contribution in [0.1, 0.15) is 44.2 Å². The number of nitrogens with zero attached hydrogens (tertiary/aromatic N) is 1. The van der Waals surface area contributed by atoms with E-state index in [1.807, 2.05) is 51.1 Å². The van der Waals surface area contributed by atoms with Crippen molar-refractivity contribution in [1.29, 1.82) is 0 Å². The molecule has 0 bridgehead atoms. The van der Waals surface area contributed by atoms with Gasteiger partial charge in [-0.15, -0.1) is 4.73 Å². The number of aromatic nitrogens is 1. The van der Waals surface area contributed by atoms with Gasteiger partial charge < -0.3 is 0 Å². The first-order valence-corrected chi connectivity index (χ1v) is 10.2. The second-order valence-corrected chi connectivity index (χ2v) is 7.86. The van der Waals surface area contributed by atoms with Crippen LogP contribution in [0.3, 0.4) is 0 Å². The zero-order chi connectivity index (χ0) is 18.4. The van der Waals surface area contributed by atoms with Crippen molar-refractivity contribution in [3.8, 4) is 11.3 Å². The summed E-state index contributed by atoms with van der Waals surface area (Å²) in [4.78, 5) is 12.5. The van der Waals surface area contributed by atoms with Gasteiger partial charge in [-0.3, -0.25) is 9.08 Å². The van der Waals surface area contributed by atoms with E-state index in [1.54, 1.807) is 0 Å². The maximum absolute atomic E-state index is 12.5. The van der Waals surface area contributed by atoms with E-state index in [-0.39, 0.29) is 5.75 Å². The molecule has 0 aliphatic rings. The molecule has 1 aromatic heterocycles. The van der Waals surface area contributed by atoms with E-state index < -0.39 is 15.7 Å². The van der Waals surface area contributed by atoms with Crippen molar-refractivity contribution in [2.45, 2.75) is 46.5 Å². The summed E-state index contributed by atoms with van der Waals surface area (Å²) in [6.07, 6.45) is 2.87. The van der Waals surface area contributed by atoms with E-state index >= 15 is 0 Å². The third-order valence-electron chi connectivity index (χ3n) is 3.87. The van der Waals surface area contributed by atoms with Crippen LogP contribution in [0.15, 0.2) is 41.2 Å². The van der Waals surface area contributed by atoms with Crippen LogP contribution in [0.2, 0.25) is 0 Å². The Morgan fingerprint density at radius 3 is 2.32 bits per heavy atom. The Hall–Kier alpha value is -2.08. The molecule has 0 aliphatic carbocycles. The van der Waals surface area contributed by atoms with Crippen molar-refractivity contribution in [2.24, 2.45) is 0 Å². The standard InChI is InChI=1S/C19H25NO4S/c1-4-6-12-25(22,23)24-20-18(17-10-8-15(3)9-11-17)13-16(7-5-2)14-19(20)21/h8-11,13-14H,4-7,12H2,1-3H3. The van der Waals surface area contributed by atoms with Crippen molar-refractivity contribution in [1.82, 2.24) is 4.73 Å². The Kier molecular flexibility index (Phi) is 6.42. The molecule has 0 N–H and O–H groups in total. The summed E-state index contributed by atoms with van der Waals surface area (Å²) in [5.41, 5.74) is 2.68. The third kappa shape index (κ3) is 5.19. The van der Waals surface area contributed by atoms with E-state index in [4.69, 9.17) is 4.28 Å². The van der Waals surface area contributed by atoms with Gasteiger partial charge in [0.1, 0.15) is 0 Å². The molecule has 6 heteroatoms. The van der Waals surface area contributed by atoms with E-state index in [1.165, 1.54) is 6.07 Å². The van der Waals surface area contributed by atoms with Crippen LogP contribution in [0.4, 0.5) is 0 Å². The molecule has 136 valence electrons. The van der Waals surface area contributed by atoms with Crippen LogP contribution >= 0.6 is 0 Å². The SMILES string of the molecule is CCCCS(=O)(=O)On1c(-c2ccc(C)cc2)cc(CCC)cc1=O. The second kappa shape index (κ2) is 8.34. The summed E-state index contributed by atoms with van der Waals surface area (Å²) in [5.74, 6) is -0.111. The van der Waals surface area contributed by atoms with Gasteiger partial charge in [-0.1, -0.05) is 56.5 Å². The van der Waals surface area contributed by atoms with Crippen LogP contribution in [-0.2, 0) is 16.5 Å². The molecule has 0 aliphatic heterocycles. The number of hydrogen-bond donors (Lipinski definition) is 0. The highest BCUT2D eigenvalue weighted by Crippen LogP contribution is 2.20. The fraction of sp³-hybridized carbons (Fsp3) is 0.421. The minimum atomic E-state index is -3.82. The molecular formula is C19H25NO4S. The fourth-order valence-corrected chi connectivity index (χ4v) is 3.62. The van der Waals surface area contributed by atoms with E-state index in [2.05, 4.69) is 0 Å². The van der Waals surface area contributed by atoms with Crippen LogP contribution < -0.4 is 9.84 Å². The Morgan fingerprint density at radius 2 is 1.72 bits per heavy atom. The van der Waals surface area contributed by atoms with E-state index in [9.17, 15) is 13.2 Å². The smallest absolute Gasteiger partial charge is 0.284 e. The molecular weight excluding hydrogens is 338 g/mol. The largest absolute Gasteiger partial charge is 0.327 e. The third-order valence-corrected chi connectivity index (χ3v) is 5.04. The van der Waals surface area contributed by atoms with E-state index in [0.29, 0.717) is 12.1 Å². The second-order valence-electron chi connectivity index (χ2n) is 6.19.